The van der Waals surface area contributed by atoms with Crippen molar-refractivity contribution in [1.29, 1.82) is 0 Å². The molecule has 1 aromatic heterocycles. The van der Waals surface area contributed by atoms with E-state index in [0.717, 1.165) is 36.4 Å². The smallest absolute Gasteiger partial charge is 0.311 e. The summed E-state index contributed by atoms with van der Waals surface area (Å²) in [6, 6.07) is 8.92. The van der Waals surface area contributed by atoms with Crippen LogP contribution in [-0.2, 0) is 0 Å². The Morgan fingerprint density at radius 1 is 1.21 bits per heavy atom. The molecular weight excluding hydrogens is 310 g/mol. The zero-order valence-electron chi connectivity index (χ0n) is 13.1. The third-order valence-electron chi connectivity index (χ3n) is 4.44. The van der Waals surface area contributed by atoms with E-state index in [1.165, 1.54) is 6.07 Å². The van der Waals surface area contributed by atoms with Crippen molar-refractivity contribution in [3.05, 3.63) is 52.2 Å². The van der Waals surface area contributed by atoms with Crippen molar-refractivity contribution in [3.8, 4) is 11.5 Å². The maximum atomic E-state index is 11.3. The van der Waals surface area contributed by atoms with Crippen molar-refractivity contribution in [3.63, 3.8) is 0 Å². The van der Waals surface area contributed by atoms with E-state index < -0.39 is 0 Å². The van der Waals surface area contributed by atoms with Gasteiger partial charge in [0.05, 0.1) is 11.0 Å². The van der Waals surface area contributed by atoms with Crippen LogP contribution in [0.15, 0.2) is 36.5 Å². The highest BCUT2D eigenvalue weighted by Gasteiger charge is 2.34. The summed E-state index contributed by atoms with van der Waals surface area (Å²) in [5, 5.41) is 11.3. The minimum atomic E-state index is -0.377. The van der Waals surface area contributed by atoms with Gasteiger partial charge in [-0.3, -0.25) is 10.1 Å². The molecule has 2 aliphatic heterocycles. The molecule has 0 N–H and O–H groups in total. The highest BCUT2D eigenvalue weighted by molar-refractivity contribution is 5.61. The van der Waals surface area contributed by atoms with E-state index >= 15 is 0 Å². The number of pyridine rings is 1. The van der Waals surface area contributed by atoms with Gasteiger partial charge in [-0.1, -0.05) is 12.1 Å². The molecule has 2 aromatic rings. The molecule has 0 amide bonds. The Hall–Kier alpha value is -2.83. The average molecular weight is 327 g/mol. The summed E-state index contributed by atoms with van der Waals surface area (Å²) in [5.74, 6) is 1.90. The Labute approximate surface area is 139 Å². The molecule has 7 heteroatoms. The molecule has 1 aromatic carbocycles. The Kier molecular flexibility index (Phi) is 3.68. The fraction of sp³-hybridized carbons (Fsp3) is 0.353. The lowest BCUT2D eigenvalue weighted by Crippen LogP contribution is -2.26. The molecule has 7 nitrogen and oxygen atoms in total. The highest BCUT2D eigenvalue weighted by Crippen LogP contribution is 2.45. The molecule has 1 saturated heterocycles. The Morgan fingerprint density at radius 3 is 2.96 bits per heavy atom. The number of aromatic nitrogens is 1. The summed E-state index contributed by atoms with van der Waals surface area (Å²) >= 11 is 0. The number of nitrogens with zero attached hydrogens (tertiary/aromatic N) is 3. The van der Waals surface area contributed by atoms with Crippen LogP contribution in [0, 0.1) is 10.1 Å². The molecule has 4 rings (SSSR count). The minimum absolute atomic E-state index is 0.00440. The van der Waals surface area contributed by atoms with Gasteiger partial charge >= 0.3 is 5.69 Å². The lowest BCUT2D eigenvalue weighted by atomic mass is 10.0. The van der Waals surface area contributed by atoms with E-state index in [0.29, 0.717) is 19.0 Å². The zero-order valence-corrected chi connectivity index (χ0v) is 13.1. The molecule has 1 fully saturated rings. The monoisotopic (exact) mass is 327 g/mol. The average Bonchev–Trinajstić information content (AvgIpc) is 3.10. The van der Waals surface area contributed by atoms with Crippen LogP contribution in [0.5, 0.6) is 11.5 Å². The summed E-state index contributed by atoms with van der Waals surface area (Å²) in [5.41, 5.74) is 1.04. The standard InChI is InChI=1S/C17H17N3O4/c21-20(22)14-5-2-8-18-17(14)19-9-3-6-13(19)12-4-1-7-15-16(12)24-11-10-23-15/h1-2,4-5,7-8,13H,3,6,9-11H2. The molecule has 0 radical (unpaired) electrons. The van der Waals surface area contributed by atoms with Crippen molar-refractivity contribution < 1.29 is 14.4 Å². The van der Waals surface area contributed by atoms with Crippen LogP contribution >= 0.6 is 0 Å². The fourth-order valence-corrected chi connectivity index (χ4v) is 3.45. The minimum Gasteiger partial charge on any atom is -0.486 e. The summed E-state index contributed by atoms with van der Waals surface area (Å²) in [6.07, 6.45) is 3.44. The Bertz CT molecular complexity index is 780. The van der Waals surface area contributed by atoms with Gasteiger partial charge in [0, 0.05) is 24.4 Å². The number of hydrogen-bond acceptors (Lipinski definition) is 6. The molecule has 0 saturated carbocycles. The highest BCUT2D eigenvalue weighted by atomic mass is 16.6. The van der Waals surface area contributed by atoms with Gasteiger partial charge in [0.1, 0.15) is 13.2 Å². The van der Waals surface area contributed by atoms with Crippen LogP contribution in [0.2, 0.25) is 0 Å². The maximum absolute atomic E-state index is 11.3. The first-order valence-electron chi connectivity index (χ1n) is 8.00. The van der Waals surface area contributed by atoms with Crippen molar-refractivity contribution >= 4 is 11.5 Å². The second-order valence-electron chi connectivity index (χ2n) is 5.83. The van der Waals surface area contributed by atoms with Crippen LogP contribution in [0.25, 0.3) is 0 Å². The largest absolute Gasteiger partial charge is 0.486 e. The first kappa shape index (κ1) is 14.7. The van der Waals surface area contributed by atoms with Crippen molar-refractivity contribution in [2.24, 2.45) is 0 Å². The number of hydrogen-bond donors (Lipinski definition) is 0. The quantitative estimate of drug-likeness (QED) is 0.637. The number of benzene rings is 1. The van der Waals surface area contributed by atoms with Crippen LogP contribution in [0.1, 0.15) is 24.4 Å². The van der Waals surface area contributed by atoms with Gasteiger partial charge in [-0.15, -0.1) is 0 Å². The predicted octanol–water partition coefficient (Wildman–Crippen LogP) is 3.10. The van der Waals surface area contributed by atoms with E-state index in [9.17, 15) is 10.1 Å². The molecule has 3 heterocycles. The molecule has 1 unspecified atom stereocenters. The summed E-state index contributed by atoms with van der Waals surface area (Å²) < 4.78 is 11.5. The van der Waals surface area contributed by atoms with Gasteiger partial charge in [0.25, 0.3) is 0 Å². The van der Waals surface area contributed by atoms with Crippen molar-refractivity contribution in [2.75, 3.05) is 24.7 Å². The van der Waals surface area contributed by atoms with Crippen LogP contribution < -0.4 is 14.4 Å². The van der Waals surface area contributed by atoms with E-state index in [1.807, 2.05) is 23.1 Å². The van der Waals surface area contributed by atoms with Crippen LogP contribution in [0.3, 0.4) is 0 Å². The second-order valence-corrected chi connectivity index (χ2v) is 5.83. The predicted molar refractivity (Wildman–Crippen MR) is 87.6 cm³/mol. The number of fused-ring (bicyclic) bond motifs is 1. The van der Waals surface area contributed by atoms with Gasteiger partial charge < -0.3 is 14.4 Å². The number of anilines is 1. The van der Waals surface area contributed by atoms with E-state index in [4.69, 9.17) is 9.47 Å². The molecule has 24 heavy (non-hydrogen) atoms. The molecule has 1 atom stereocenters. The lowest BCUT2D eigenvalue weighted by molar-refractivity contribution is -0.384. The lowest BCUT2D eigenvalue weighted by Gasteiger charge is -2.29. The number of rotatable bonds is 3. The third-order valence-corrected chi connectivity index (χ3v) is 4.44. The fourth-order valence-electron chi connectivity index (χ4n) is 3.45. The van der Waals surface area contributed by atoms with Gasteiger partial charge in [0.2, 0.25) is 5.82 Å². The number of nitro groups is 1. The normalized spacial score (nSPS) is 19.3. The second kappa shape index (κ2) is 5.99. The third kappa shape index (κ3) is 2.42. The van der Waals surface area contributed by atoms with E-state index in [-0.39, 0.29) is 16.7 Å². The zero-order chi connectivity index (χ0) is 16.5. The summed E-state index contributed by atoms with van der Waals surface area (Å²) in [4.78, 5) is 17.3. The Morgan fingerprint density at radius 2 is 2.08 bits per heavy atom. The number of ether oxygens (including phenoxy) is 2. The van der Waals surface area contributed by atoms with Gasteiger partial charge in [-0.05, 0) is 25.0 Å². The van der Waals surface area contributed by atoms with Gasteiger partial charge in [-0.2, -0.15) is 0 Å². The molecular formula is C17H17N3O4. The van der Waals surface area contributed by atoms with Crippen LogP contribution in [0.4, 0.5) is 11.5 Å². The number of para-hydroxylation sites is 1. The van der Waals surface area contributed by atoms with E-state index in [2.05, 4.69) is 4.98 Å². The SMILES string of the molecule is O=[N+]([O-])c1cccnc1N1CCCC1c1cccc2c1OCCO2. The van der Waals surface area contributed by atoms with Crippen LogP contribution in [-0.4, -0.2) is 29.7 Å². The summed E-state index contributed by atoms with van der Waals surface area (Å²) in [6.45, 7) is 1.78. The summed E-state index contributed by atoms with van der Waals surface area (Å²) in [7, 11) is 0. The molecule has 2 aliphatic rings. The van der Waals surface area contributed by atoms with Crippen molar-refractivity contribution in [1.82, 2.24) is 4.98 Å². The molecule has 0 bridgehead atoms. The molecule has 0 aliphatic carbocycles. The van der Waals surface area contributed by atoms with Crippen molar-refractivity contribution in [2.45, 2.75) is 18.9 Å². The molecule has 124 valence electrons. The van der Waals surface area contributed by atoms with Gasteiger partial charge in [0.15, 0.2) is 11.5 Å². The van der Waals surface area contributed by atoms with Gasteiger partial charge in [-0.25, -0.2) is 4.98 Å². The first-order valence-corrected chi connectivity index (χ1v) is 8.00. The van der Waals surface area contributed by atoms with E-state index in [1.54, 1.807) is 12.3 Å². The Balaban J connectivity index is 1.76. The topological polar surface area (TPSA) is 77.7 Å². The first-order chi connectivity index (χ1) is 11.8. The maximum Gasteiger partial charge on any atom is 0.311 e. The molecule has 0 spiro atoms.